The largest absolute Gasteiger partial charge is 0.493 e. The summed E-state index contributed by atoms with van der Waals surface area (Å²) < 4.78 is 17.2. The van der Waals surface area contributed by atoms with Crippen LogP contribution in [0.3, 0.4) is 0 Å². The van der Waals surface area contributed by atoms with Crippen LogP contribution in [0.4, 0.5) is 5.69 Å². The summed E-state index contributed by atoms with van der Waals surface area (Å²) in [6.45, 7) is 3.47. The number of benzene rings is 1. The quantitative estimate of drug-likeness (QED) is 0.362. The maximum absolute atomic E-state index is 6.09. The first-order chi connectivity index (χ1) is 13.2. The zero-order chi connectivity index (χ0) is 18.9. The standard InChI is InChI=1S/C21H31N3O3.HI/c1-4-26-17-13-14(7-8-16(17)25-3)23-20(22-2)24-18-15-9-12-27-19(15)21(18)10-5-6-11-21;/h7-8,13,15,18-19H,4-6,9-12H2,1-3H3,(H2,22,23,24);1H. The van der Waals surface area contributed by atoms with Crippen molar-refractivity contribution in [1.82, 2.24) is 5.32 Å². The molecule has 1 aromatic carbocycles. The summed E-state index contributed by atoms with van der Waals surface area (Å²) in [5, 5.41) is 7.15. The van der Waals surface area contributed by atoms with E-state index in [4.69, 9.17) is 14.2 Å². The lowest BCUT2D eigenvalue weighted by atomic mass is 9.54. The molecule has 0 radical (unpaired) electrons. The second kappa shape index (κ2) is 9.07. The molecule has 1 saturated heterocycles. The summed E-state index contributed by atoms with van der Waals surface area (Å²) in [4.78, 5) is 4.47. The molecule has 2 aliphatic carbocycles. The van der Waals surface area contributed by atoms with Gasteiger partial charge in [0.05, 0.1) is 19.8 Å². The molecule has 3 atom stereocenters. The molecule has 2 N–H and O–H groups in total. The highest BCUT2D eigenvalue weighted by atomic mass is 127. The number of anilines is 1. The van der Waals surface area contributed by atoms with Crippen LogP contribution in [0.1, 0.15) is 39.0 Å². The number of nitrogens with zero attached hydrogens (tertiary/aromatic N) is 1. The van der Waals surface area contributed by atoms with Crippen molar-refractivity contribution in [2.24, 2.45) is 16.3 Å². The van der Waals surface area contributed by atoms with E-state index in [1.54, 1.807) is 7.11 Å². The van der Waals surface area contributed by atoms with E-state index in [0.29, 0.717) is 30.1 Å². The van der Waals surface area contributed by atoms with Crippen molar-refractivity contribution in [2.75, 3.05) is 32.7 Å². The average molecular weight is 501 g/mol. The lowest BCUT2D eigenvalue weighted by molar-refractivity contribution is -0.124. The fraction of sp³-hybridized carbons (Fsp3) is 0.667. The Morgan fingerprint density at radius 2 is 2.07 bits per heavy atom. The average Bonchev–Trinajstić information content (AvgIpc) is 3.34. The van der Waals surface area contributed by atoms with Crippen LogP contribution >= 0.6 is 24.0 Å². The normalized spacial score (nSPS) is 27.5. The number of methoxy groups -OCH3 is 1. The highest BCUT2D eigenvalue weighted by molar-refractivity contribution is 14.0. The van der Waals surface area contributed by atoms with E-state index in [2.05, 4.69) is 15.6 Å². The minimum Gasteiger partial charge on any atom is -0.493 e. The van der Waals surface area contributed by atoms with Crippen LogP contribution in [-0.2, 0) is 4.74 Å². The Bertz CT molecular complexity index is 706. The van der Waals surface area contributed by atoms with Crippen LogP contribution in [0.5, 0.6) is 11.5 Å². The summed E-state index contributed by atoms with van der Waals surface area (Å²) in [6, 6.07) is 6.32. The van der Waals surface area contributed by atoms with Crippen molar-refractivity contribution in [2.45, 2.75) is 51.2 Å². The Balaban J connectivity index is 0.00000225. The number of hydrogen-bond donors (Lipinski definition) is 2. The molecule has 3 fully saturated rings. The van der Waals surface area contributed by atoms with Crippen LogP contribution < -0.4 is 20.1 Å². The predicted octanol–water partition coefficient (Wildman–Crippen LogP) is 4.05. The lowest BCUT2D eigenvalue weighted by Crippen LogP contribution is -2.68. The van der Waals surface area contributed by atoms with Crippen molar-refractivity contribution < 1.29 is 14.2 Å². The van der Waals surface area contributed by atoms with E-state index < -0.39 is 0 Å². The van der Waals surface area contributed by atoms with Crippen molar-refractivity contribution in [3.05, 3.63) is 18.2 Å². The molecule has 6 nitrogen and oxygen atoms in total. The second-order valence-electron chi connectivity index (χ2n) is 7.80. The summed E-state index contributed by atoms with van der Waals surface area (Å²) in [5.41, 5.74) is 1.24. The first-order valence-corrected chi connectivity index (χ1v) is 10.1. The van der Waals surface area contributed by atoms with E-state index in [1.807, 2.05) is 32.2 Å². The Kier molecular flexibility index (Phi) is 6.96. The third-order valence-corrected chi connectivity index (χ3v) is 6.53. The van der Waals surface area contributed by atoms with E-state index in [9.17, 15) is 0 Å². The van der Waals surface area contributed by atoms with Crippen molar-refractivity contribution >= 4 is 35.6 Å². The van der Waals surface area contributed by atoms with Gasteiger partial charge < -0.3 is 24.8 Å². The fourth-order valence-electron chi connectivity index (χ4n) is 5.37. The summed E-state index contributed by atoms with van der Waals surface area (Å²) in [5.74, 6) is 2.89. The predicted molar refractivity (Wildman–Crippen MR) is 122 cm³/mol. The van der Waals surface area contributed by atoms with E-state index in [-0.39, 0.29) is 24.0 Å². The van der Waals surface area contributed by atoms with Gasteiger partial charge in [-0.3, -0.25) is 4.99 Å². The van der Waals surface area contributed by atoms with Gasteiger partial charge in [0.25, 0.3) is 0 Å². The lowest BCUT2D eigenvalue weighted by Gasteiger charge is -2.57. The zero-order valence-electron chi connectivity index (χ0n) is 17.0. The van der Waals surface area contributed by atoms with Gasteiger partial charge in [-0.25, -0.2) is 0 Å². The van der Waals surface area contributed by atoms with Crippen LogP contribution in [0, 0.1) is 11.3 Å². The number of nitrogens with one attached hydrogen (secondary N) is 2. The number of hydrogen-bond acceptors (Lipinski definition) is 4. The van der Waals surface area contributed by atoms with Gasteiger partial charge in [-0.1, -0.05) is 12.8 Å². The minimum absolute atomic E-state index is 0. The van der Waals surface area contributed by atoms with Gasteiger partial charge in [-0.2, -0.15) is 0 Å². The van der Waals surface area contributed by atoms with E-state index in [1.165, 1.54) is 25.7 Å². The second-order valence-corrected chi connectivity index (χ2v) is 7.80. The monoisotopic (exact) mass is 501 g/mol. The molecule has 0 amide bonds. The molecular weight excluding hydrogens is 469 g/mol. The Morgan fingerprint density at radius 3 is 2.75 bits per heavy atom. The smallest absolute Gasteiger partial charge is 0.195 e. The van der Waals surface area contributed by atoms with Gasteiger partial charge in [0.2, 0.25) is 0 Å². The van der Waals surface area contributed by atoms with Gasteiger partial charge in [0.1, 0.15) is 0 Å². The number of aliphatic imine (C=N–C) groups is 1. The number of fused-ring (bicyclic) bond motifs is 2. The molecule has 1 aromatic rings. The third-order valence-electron chi connectivity index (χ3n) is 6.53. The third kappa shape index (κ3) is 3.67. The number of halogens is 1. The van der Waals surface area contributed by atoms with Crippen LogP contribution in [0.2, 0.25) is 0 Å². The number of rotatable bonds is 5. The highest BCUT2D eigenvalue weighted by Crippen LogP contribution is 2.60. The van der Waals surface area contributed by atoms with E-state index in [0.717, 1.165) is 36.2 Å². The molecule has 3 unspecified atom stereocenters. The SMILES string of the molecule is CCOc1cc(NC(=NC)NC2C3CCOC3C23CCCC3)ccc1OC.I. The molecule has 1 heterocycles. The Labute approximate surface area is 184 Å². The van der Waals surface area contributed by atoms with Crippen molar-refractivity contribution in [3.8, 4) is 11.5 Å². The molecule has 2 saturated carbocycles. The highest BCUT2D eigenvalue weighted by Gasteiger charge is 2.65. The first kappa shape index (κ1) is 21.5. The van der Waals surface area contributed by atoms with Crippen molar-refractivity contribution in [3.63, 3.8) is 0 Å². The molecule has 4 rings (SSSR count). The fourth-order valence-corrected chi connectivity index (χ4v) is 5.37. The summed E-state index contributed by atoms with van der Waals surface area (Å²) in [7, 11) is 3.48. The molecule has 0 bridgehead atoms. The molecule has 1 spiro atoms. The van der Waals surface area contributed by atoms with Crippen LogP contribution in [-0.4, -0.2) is 45.5 Å². The van der Waals surface area contributed by atoms with Gasteiger partial charge in [0.15, 0.2) is 17.5 Å². The number of ether oxygens (including phenoxy) is 3. The molecule has 3 aliphatic rings. The topological polar surface area (TPSA) is 64.1 Å². The first-order valence-electron chi connectivity index (χ1n) is 10.1. The molecule has 1 aliphatic heterocycles. The Hall–Kier alpha value is -1.22. The van der Waals surface area contributed by atoms with Gasteiger partial charge in [-0.15, -0.1) is 24.0 Å². The van der Waals surface area contributed by atoms with Crippen LogP contribution in [0.25, 0.3) is 0 Å². The molecule has 0 aromatic heterocycles. The van der Waals surface area contributed by atoms with Gasteiger partial charge in [0, 0.05) is 42.8 Å². The summed E-state index contributed by atoms with van der Waals surface area (Å²) >= 11 is 0. The molecule has 7 heteroatoms. The van der Waals surface area contributed by atoms with Gasteiger partial charge >= 0.3 is 0 Å². The minimum atomic E-state index is 0. The zero-order valence-corrected chi connectivity index (χ0v) is 19.3. The number of guanidine groups is 1. The molecular formula is C21H32IN3O3. The maximum Gasteiger partial charge on any atom is 0.195 e. The van der Waals surface area contributed by atoms with Gasteiger partial charge in [-0.05, 0) is 38.3 Å². The maximum atomic E-state index is 6.09. The van der Waals surface area contributed by atoms with E-state index >= 15 is 0 Å². The van der Waals surface area contributed by atoms with Crippen molar-refractivity contribution in [1.29, 1.82) is 0 Å². The molecule has 156 valence electrons. The molecule has 28 heavy (non-hydrogen) atoms. The Morgan fingerprint density at radius 1 is 1.29 bits per heavy atom. The van der Waals surface area contributed by atoms with Crippen LogP contribution in [0.15, 0.2) is 23.2 Å². The summed E-state index contributed by atoms with van der Waals surface area (Å²) in [6.07, 6.45) is 6.75.